The summed E-state index contributed by atoms with van der Waals surface area (Å²) in [5, 5.41) is 16.1. The van der Waals surface area contributed by atoms with Crippen molar-refractivity contribution in [3.63, 3.8) is 0 Å². The molecule has 2 N–H and O–H groups in total. The lowest BCUT2D eigenvalue weighted by molar-refractivity contribution is -0.137. The van der Waals surface area contributed by atoms with Crippen molar-refractivity contribution in [1.82, 2.24) is 10.3 Å². The summed E-state index contributed by atoms with van der Waals surface area (Å²) in [6.45, 7) is 3.45. The molecule has 0 spiro atoms. The Morgan fingerprint density at radius 1 is 1.50 bits per heavy atom. The van der Waals surface area contributed by atoms with Crippen LogP contribution in [0.3, 0.4) is 0 Å². The van der Waals surface area contributed by atoms with E-state index < -0.39 is 12.0 Å². The zero-order valence-corrected chi connectivity index (χ0v) is 12.7. The van der Waals surface area contributed by atoms with Gasteiger partial charge in [-0.05, 0) is 25.3 Å². The summed E-state index contributed by atoms with van der Waals surface area (Å²) in [6, 6.07) is 1.55. The van der Waals surface area contributed by atoms with Crippen LogP contribution in [0.5, 0.6) is 0 Å². The van der Waals surface area contributed by atoms with Gasteiger partial charge in [0.25, 0.3) is 5.91 Å². The van der Waals surface area contributed by atoms with Gasteiger partial charge in [0.1, 0.15) is 9.88 Å². The topological polar surface area (TPSA) is 79.3 Å². The fourth-order valence-corrected chi connectivity index (χ4v) is 3.40. The van der Waals surface area contributed by atoms with Crippen LogP contribution in [0.25, 0.3) is 10.6 Å². The lowest BCUT2D eigenvalue weighted by Crippen LogP contribution is -2.34. The molecule has 0 radical (unpaired) electrons. The first-order valence-corrected chi connectivity index (χ1v) is 7.76. The van der Waals surface area contributed by atoms with Crippen LogP contribution in [0, 0.1) is 6.92 Å². The van der Waals surface area contributed by atoms with Crippen molar-refractivity contribution in [2.75, 3.05) is 0 Å². The Balaban J connectivity index is 2.13. The van der Waals surface area contributed by atoms with Crippen LogP contribution in [0.15, 0.2) is 16.8 Å². The Morgan fingerprint density at radius 2 is 2.25 bits per heavy atom. The van der Waals surface area contributed by atoms with Crippen molar-refractivity contribution in [2.24, 2.45) is 0 Å². The molecule has 20 heavy (non-hydrogen) atoms. The Kier molecular flexibility index (Phi) is 4.51. The molecule has 0 aliphatic heterocycles. The van der Waals surface area contributed by atoms with Gasteiger partial charge < -0.3 is 10.4 Å². The van der Waals surface area contributed by atoms with Crippen molar-refractivity contribution < 1.29 is 14.7 Å². The SMILES string of the molecule is Cc1nc(-c2ccsc2)sc1C(=O)NC(C)CC(=O)O. The van der Waals surface area contributed by atoms with Gasteiger partial charge in [0, 0.05) is 17.0 Å². The van der Waals surface area contributed by atoms with Gasteiger partial charge in [-0.2, -0.15) is 11.3 Å². The molecule has 2 heterocycles. The predicted octanol–water partition coefficient (Wildman–Crippen LogP) is 2.77. The highest BCUT2D eigenvalue weighted by Gasteiger charge is 2.18. The molecule has 0 saturated carbocycles. The number of thiophene rings is 1. The van der Waals surface area contributed by atoms with Crippen LogP contribution in [0.4, 0.5) is 0 Å². The fourth-order valence-electron chi connectivity index (χ4n) is 1.72. The number of rotatable bonds is 5. The number of amides is 1. The lowest BCUT2D eigenvalue weighted by Gasteiger charge is -2.10. The van der Waals surface area contributed by atoms with Gasteiger partial charge in [-0.15, -0.1) is 11.3 Å². The number of aliphatic carboxylic acids is 1. The molecule has 0 fully saturated rings. The van der Waals surface area contributed by atoms with Crippen LogP contribution in [0.2, 0.25) is 0 Å². The first kappa shape index (κ1) is 14.7. The molecule has 2 aromatic rings. The van der Waals surface area contributed by atoms with Gasteiger partial charge in [0.2, 0.25) is 0 Å². The Morgan fingerprint density at radius 3 is 2.85 bits per heavy atom. The van der Waals surface area contributed by atoms with Crippen LogP contribution in [-0.2, 0) is 4.79 Å². The Hall–Kier alpha value is -1.73. The van der Waals surface area contributed by atoms with Crippen molar-refractivity contribution >= 4 is 34.6 Å². The first-order chi connectivity index (χ1) is 9.47. The molecular weight excluding hydrogens is 296 g/mol. The quantitative estimate of drug-likeness (QED) is 0.890. The van der Waals surface area contributed by atoms with Crippen LogP contribution >= 0.6 is 22.7 Å². The third-order valence-electron chi connectivity index (χ3n) is 2.63. The average molecular weight is 310 g/mol. The Bertz CT molecular complexity index is 620. The third-order valence-corrected chi connectivity index (χ3v) is 4.52. The lowest BCUT2D eigenvalue weighted by atomic mass is 10.2. The molecule has 7 heteroatoms. The summed E-state index contributed by atoms with van der Waals surface area (Å²) in [5.41, 5.74) is 1.66. The number of carbonyl (C=O) groups is 2. The van der Waals surface area contributed by atoms with Crippen molar-refractivity contribution in [2.45, 2.75) is 26.3 Å². The number of carboxylic acid groups (broad SMARTS) is 1. The van der Waals surface area contributed by atoms with E-state index in [-0.39, 0.29) is 12.3 Å². The molecule has 0 aromatic carbocycles. The zero-order chi connectivity index (χ0) is 14.7. The number of carboxylic acids is 1. The normalized spacial score (nSPS) is 12.1. The molecule has 1 amide bonds. The minimum Gasteiger partial charge on any atom is -0.481 e. The second kappa shape index (κ2) is 6.15. The van der Waals surface area contributed by atoms with E-state index in [2.05, 4.69) is 10.3 Å². The van der Waals surface area contributed by atoms with Gasteiger partial charge in [0.05, 0.1) is 12.1 Å². The van der Waals surface area contributed by atoms with Crippen LogP contribution in [-0.4, -0.2) is 28.0 Å². The molecule has 0 bridgehead atoms. The van der Waals surface area contributed by atoms with Gasteiger partial charge in [-0.25, -0.2) is 4.98 Å². The number of aryl methyl sites for hydroxylation is 1. The largest absolute Gasteiger partial charge is 0.481 e. The zero-order valence-electron chi connectivity index (χ0n) is 11.0. The van der Waals surface area contributed by atoms with E-state index in [1.165, 1.54) is 11.3 Å². The van der Waals surface area contributed by atoms with Gasteiger partial charge in [-0.1, -0.05) is 0 Å². The second-order valence-electron chi connectivity index (χ2n) is 4.42. The van der Waals surface area contributed by atoms with Gasteiger partial charge in [-0.3, -0.25) is 9.59 Å². The number of hydrogen-bond acceptors (Lipinski definition) is 5. The van der Waals surface area contributed by atoms with E-state index in [0.29, 0.717) is 10.6 Å². The number of carbonyl (C=O) groups excluding carboxylic acids is 1. The van der Waals surface area contributed by atoms with Crippen molar-refractivity contribution in [3.8, 4) is 10.6 Å². The van der Waals surface area contributed by atoms with E-state index in [1.807, 2.05) is 16.8 Å². The van der Waals surface area contributed by atoms with Crippen LogP contribution < -0.4 is 5.32 Å². The smallest absolute Gasteiger partial charge is 0.305 e. The van der Waals surface area contributed by atoms with E-state index >= 15 is 0 Å². The highest BCUT2D eigenvalue weighted by molar-refractivity contribution is 7.17. The number of hydrogen-bond donors (Lipinski definition) is 2. The molecule has 0 saturated heterocycles. The number of thiazole rings is 1. The average Bonchev–Trinajstić information content (AvgIpc) is 2.95. The summed E-state index contributed by atoms with van der Waals surface area (Å²) in [4.78, 5) is 27.6. The van der Waals surface area contributed by atoms with Gasteiger partial charge in [0.15, 0.2) is 0 Å². The summed E-state index contributed by atoms with van der Waals surface area (Å²) in [7, 11) is 0. The summed E-state index contributed by atoms with van der Waals surface area (Å²) < 4.78 is 0. The first-order valence-electron chi connectivity index (χ1n) is 6.00. The van der Waals surface area contributed by atoms with Crippen LogP contribution in [0.1, 0.15) is 28.7 Å². The van der Waals surface area contributed by atoms with Crippen molar-refractivity contribution in [3.05, 3.63) is 27.4 Å². The third kappa shape index (κ3) is 3.43. The second-order valence-corrected chi connectivity index (χ2v) is 6.20. The van der Waals surface area contributed by atoms with E-state index in [0.717, 1.165) is 10.6 Å². The molecule has 5 nitrogen and oxygen atoms in total. The molecule has 1 unspecified atom stereocenters. The van der Waals surface area contributed by atoms with Crippen molar-refractivity contribution in [1.29, 1.82) is 0 Å². The molecule has 0 aliphatic rings. The molecule has 1 atom stereocenters. The summed E-state index contributed by atoms with van der Waals surface area (Å²) in [6.07, 6.45) is -0.0963. The highest BCUT2D eigenvalue weighted by Crippen LogP contribution is 2.29. The fraction of sp³-hybridized carbons (Fsp3) is 0.308. The maximum atomic E-state index is 12.1. The monoisotopic (exact) mass is 310 g/mol. The highest BCUT2D eigenvalue weighted by atomic mass is 32.1. The standard InChI is InChI=1S/C13H14N2O3S2/c1-7(5-10(16)17)14-12(18)11-8(2)15-13(20-11)9-3-4-19-6-9/h3-4,6-7H,5H2,1-2H3,(H,14,18)(H,16,17). The number of nitrogens with zero attached hydrogens (tertiary/aromatic N) is 1. The van der Waals surface area contributed by atoms with E-state index in [9.17, 15) is 9.59 Å². The van der Waals surface area contributed by atoms with Gasteiger partial charge >= 0.3 is 5.97 Å². The molecule has 0 aliphatic carbocycles. The maximum Gasteiger partial charge on any atom is 0.305 e. The van der Waals surface area contributed by atoms with E-state index in [1.54, 1.807) is 25.2 Å². The molecule has 2 rings (SSSR count). The predicted molar refractivity (Wildman–Crippen MR) is 79.3 cm³/mol. The number of nitrogens with one attached hydrogen (secondary N) is 1. The van der Waals surface area contributed by atoms with E-state index in [4.69, 9.17) is 5.11 Å². The minimum absolute atomic E-state index is 0.0963. The molecule has 106 valence electrons. The minimum atomic E-state index is -0.933. The Labute approximate surface area is 124 Å². The molecule has 2 aromatic heterocycles. The maximum absolute atomic E-state index is 12.1. The number of aromatic nitrogens is 1. The molecular formula is C13H14N2O3S2. The summed E-state index contributed by atoms with van der Waals surface area (Å²) >= 11 is 2.90. The summed E-state index contributed by atoms with van der Waals surface area (Å²) in [5.74, 6) is -1.20.